The van der Waals surface area contributed by atoms with Gasteiger partial charge in [0.15, 0.2) is 0 Å². The van der Waals surface area contributed by atoms with Gasteiger partial charge in [-0.05, 0) is 26.3 Å². The number of aromatic nitrogens is 2. The number of anilines is 1. The Hall–Kier alpha value is -1.42. The largest absolute Gasteiger partial charge is 0.337 e. The molecule has 1 aliphatic heterocycles. The zero-order valence-electron chi connectivity index (χ0n) is 9.90. The summed E-state index contributed by atoms with van der Waals surface area (Å²) in [6, 6.07) is 1.94. The first-order chi connectivity index (χ1) is 7.69. The van der Waals surface area contributed by atoms with E-state index in [1.54, 1.807) is 0 Å². The molecule has 0 aromatic carbocycles. The lowest BCUT2D eigenvalue weighted by Gasteiger charge is -2.25. The van der Waals surface area contributed by atoms with Crippen LogP contribution in [0.1, 0.15) is 24.7 Å². The number of aryl methyl sites for hydroxylation is 1. The van der Waals surface area contributed by atoms with Gasteiger partial charge < -0.3 is 10.6 Å². The van der Waals surface area contributed by atoms with Crippen molar-refractivity contribution < 1.29 is 0 Å². The minimum absolute atomic E-state index is 0.471. The molecule has 2 N–H and O–H groups in total. The predicted molar refractivity (Wildman–Crippen MR) is 65.2 cm³/mol. The Morgan fingerprint density at radius 1 is 1.38 bits per heavy atom. The molecular formula is C12H18N4. The van der Waals surface area contributed by atoms with Gasteiger partial charge in [0.25, 0.3) is 0 Å². The van der Waals surface area contributed by atoms with Gasteiger partial charge in [0, 0.05) is 25.3 Å². The van der Waals surface area contributed by atoms with Gasteiger partial charge in [-0.2, -0.15) is 0 Å². The molecule has 0 saturated heterocycles. The number of nitrogens with two attached hydrogens (primary N) is 1. The molecule has 0 fully saturated rings. The molecule has 0 saturated carbocycles. The molecule has 0 atom stereocenters. The lowest BCUT2D eigenvalue weighted by Crippen LogP contribution is -2.30. The molecule has 2 heterocycles. The molecule has 1 aromatic heterocycles. The van der Waals surface area contributed by atoms with Crippen LogP contribution in [-0.4, -0.2) is 23.1 Å². The molecule has 16 heavy (non-hydrogen) atoms. The van der Waals surface area contributed by atoms with Gasteiger partial charge in [-0.3, -0.25) is 0 Å². The van der Waals surface area contributed by atoms with E-state index in [1.165, 1.54) is 5.57 Å². The highest BCUT2D eigenvalue weighted by molar-refractivity contribution is 5.35. The third-order valence-corrected chi connectivity index (χ3v) is 2.82. The third kappa shape index (κ3) is 2.39. The summed E-state index contributed by atoms with van der Waals surface area (Å²) >= 11 is 0. The highest BCUT2D eigenvalue weighted by atomic mass is 15.2. The van der Waals surface area contributed by atoms with Gasteiger partial charge in [0.2, 0.25) is 5.95 Å². The van der Waals surface area contributed by atoms with Crippen molar-refractivity contribution >= 4 is 5.95 Å². The number of rotatable bonds is 2. The molecule has 2 rings (SSSR count). The van der Waals surface area contributed by atoms with Crippen molar-refractivity contribution in [3.63, 3.8) is 0 Å². The van der Waals surface area contributed by atoms with Crippen LogP contribution in [0.2, 0.25) is 0 Å². The number of hydrogen-bond donors (Lipinski definition) is 1. The van der Waals surface area contributed by atoms with Crippen LogP contribution in [0.25, 0.3) is 0 Å². The summed E-state index contributed by atoms with van der Waals surface area (Å²) in [5.74, 6) is 0.809. The van der Waals surface area contributed by atoms with Crippen molar-refractivity contribution in [2.75, 3.05) is 18.0 Å². The molecular weight excluding hydrogens is 200 g/mol. The summed E-state index contributed by atoms with van der Waals surface area (Å²) in [5, 5.41) is 0. The van der Waals surface area contributed by atoms with Crippen LogP contribution < -0.4 is 10.6 Å². The monoisotopic (exact) mass is 218 g/mol. The van der Waals surface area contributed by atoms with Crippen molar-refractivity contribution in [2.24, 2.45) is 5.73 Å². The van der Waals surface area contributed by atoms with Crippen LogP contribution >= 0.6 is 0 Å². The van der Waals surface area contributed by atoms with Crippen molar-refractivity contribution in [3.05, 3.63) is 29.1 Å². The maximum absolute atomic E-state index is 5.62. The molecule has 4 nitrogen and oxygen atoms in total. The van der Waals surface area contributed by atoms with Crippen LogP contribution in [0.15, 0.2) is 17.7 Å². The van der Waals surface area contributed by atoms with Crippen LogP contribution in [0.3, 0.4) is 0 Å². The van der Waals surface area contributed by atoms with E-state index in [9.17, 15) is 0 Å². The van der Waals surface area contributed by atoms with E-state index in [0.29, 0.717) is 6.54 Å². The number of nitrogens with zero attached hydrogens (tertiary/aromatic N) is 3. The van der Waals surface area contributed by atoms with Crippen molar-refractivity contribution in [3.8, 4) is 0 Å². The smallest absolute Gasteiger partial charge is 0.226 e. The van der Waals surface area contributed by atoms with Crippen LogP contribution in [0.4, 0.5) is 5.95 Å². The topological polar surface area (TPSA) is 55.0 Å². The van der Waals surface area contributed by atoms with Gasteiger partial charge >= 0.3 is 0 Å². The van der Waals surface area contributed by atoms with Gasteiger partial charge in [0.05, 0.1) is 5.69 Å². The first kappa shape index (κ1) is 11.1. The van der Waals surface area contributed by atoms with Gasteiger partial charge in [0.1, 0.15) is 0 Å². The standard InChI is InChI=1S/C12H18N4/c1-9-3-5-16(6-4-9)12-14-10(2)7-11(8-13)15-12/h3,7H,4-6,8,13H2,1-2H3. The lowest BCUT2D eigenvalue weighted by molar-refractivity contribution is 0.750. The summed E-state index contributed by atoms with van der Waals surface area (Å²) < 4.78 is 0. The zero-order valence-corrected chi connectivity index (χ0v) is 9.90. The number of hydrogen-bond acceptors (Lipinski definition) is 4. The lowest BCUT2D eigenvalue weighted by atomic mass is 10.1. The average Bonchev–Trinajstić information content (AvgIpc) is 2.29. The van der Waals surface area contributed by atoms with E-state index < -0.39 is 0 Å². The SMILES string of the molecule is CC1=CCN(c2nc(C)cc(CN)n2)CC1. The first-order valence-corrected chi connectivity index (χ1v) is 5.64. The van der Waals surface area contributed by atoms with Crippen LogP contribution in [0.5, 0.6) is 0 Å². The summed E-state index contributed by atoms with van der Waals surface area (Å²) in [4.78, 5) is 11.1. The fourth-order valence-corrected chi connectivity index (χ4v) is 1.82. The quantitative estimate of drug-likeness (QED) is 0.762. The Morgan fingerprint density at radius 2 is 2.19 bits per heavy atom. The molecule has 4 heteroatoms. The second-order valence-corrected chi connectivity index (χ2v) is 4.25. The van der Waals surface area contributed by atoms with Crippen LogP contribution in [-0.2, 0) is 6.54 Å². The fourth-order valence-electron chi connectivity index (χ4n) is 1.82. The van der Waals surface area contributed by atoms with Crippen molar-refractivity contribution in [1.82, 2.24) is 9.97 Å². The Balaban J connectivity index is 2.23. The zero-order chi connectivity index (χ0) is 11.5. The molecule has 1 aromatic rings. The fraction of sp³-hybridized carbons (Fsp3) is 0.500. The average molecular weight is 218 g/mol. The summed E-state index contributed by atoms with van der Waals surface area (Å²) in [5.41, 5.74) is 8.96. The second-order valence-electron chi connectivity index (χ2n) is 4.25. The molecule has 0 radical (unpaired) electrons. The summed E-state index contributed by atoms with van der Waals surface area (Å²) in [6.07, 6.45) is 3.33. The van der Waals surface area contributed by atoms with E-state index in [-0.39, 0.29) is 0 Å². The first-order valence-electron chi connectivity index (χ1n) is 5.64. The van der Waals surface area contributed by atoms with E-state index >= 15 is 0 Å². The maximum Gasteiger partial charge on any atom is 0.226 e. The van der Waals surface area contributed by atoms with Gasteiger partial charge in [-0.1, -0.05) is 11.6 Å². The second kappa shape index (κ2) is 4.61. The normalized spacial score (nSPS) is 16.2. The molecule has 0 amide bonds. The van der Waals surface area contributed by atoms with E-state index in [0.717, 1.165) is 36.8 Å². The van der Waals surface area contributed by atoms with Gasteiger partial charge in [-0.15, -0.1) is 0 Å². The highest BCUT2D eigenvalue weighted by Crippen LogP contribution is 2.16. The van der Waals surface area contributed by atoms with Crippen LogP contribution in [0, 0.1) is 6.92 Å². The Kier molecular flexibility index (Phi) is 3.19. The molecule has 0 spiro atoms. The van der Waals surface area contributed by atoms with Crippen molar-refractivity contribution in [2.45, 2.75) is 26.8 Å². The molecule has 1 aliphatic rings. The Bertz CT molecular complexity index is 411. The molecule has 0 unspecified atom stereocenters. The third-order valence-electron chi connectivity index (χ3n) is 2.82. The minimum Gasteiger partial charge on any atom is -0.337 e. The Labute approximate surface area is 96.2 Å². The Morgan fingerprint density at radius 3 is 2.81 bits per heavy atom. The van der Waals surface area contributed by atoms with Gasteiger partial charge in [-0.25, -0.2) is 9.97 Å². The molecule has 0 aliphatic carbocycles. The minimum atomic E-state index is 0.471. The van der Waals surface area contributed by atoms with E-state index in [1.807, 2.05) is 13.0 Å². The van der Waals surface area contributed by atoms with Crippen molar-refractivity contribution in [1.29, 1.82) is 0 Å². The highest BCUT2D eigenvalue weighted by Gasteiger charge is 2.13. The summed E-state index contributed by atoms with van der Waals surface area (Å²) in [6.45, 7) is 6.52. The molecule has 86 valence electrons. The van der Waals surface area contributed by atoms with E-state index in [2.05, 4.69) is 27.9 Å². The summed E-state index contributed by atoms with van der Waals surface area (Å²) in [7, 11) is 0. The van der Waals surface area contributed by atoms with E-state index in [4.69, 9.17) is 5.73 Å². The molecule has 0 bridgehead atoms. The predicted octanol–water partition coefficient (Wildman–Crippen LogP) is 1.40. The maximum atomic E-state index is 5.62.